The number of ether oxygens (including phenoxy) is 2. The number of nitrogens with one attached hydrogen (secondary N) is 1. The number of nitrogens with zero attached hydrogens (tertiary/aromatic N) is 1. The molecule has 0 saturated heterocycles. The van der Waals surface area contributed by atoms with E-state index in [-0.39, 0.29) is 11.3 Å². The number of rotatable bonds is 6. The van der Waals surface area contributed by atoms with E-state index in [0.717, 1.165) is 11.3 Å². The Morgan fingerprint density at radius 1 is 1.16 bits per heavy atom. The monoisotopic (exact) mass is 343 g/mol. The van der Waals surface area contributed by atoms with Crippen molar-refractivity contribution in [2.45, 2.75) is 6.42 Å². The van der Waals surface area contributed by atoms with E-state index in [2.05, 4.69) is 5.32 Å². The maximum Gasteiger partial charge on any atom is 0.293 e. The zero-order valence-corrected chi connectivity index (χ0v) is 13.4. The van der Waals surface area contributed by atoms with Gasteiger partial charge in [0.05, 0.1) is 4.92 Å². The van der Waals surface area contributed by atoms with Crippen LogP contribution in [0.4, 0.5) is 11.4 Å². The number of nitrogens with two attached hydrogens (primary N) is 1. The number of hydrogen-bond donors (Lipinski definition) is 2. The van der Waals surface area contributed by atoms with E-state index in [1.807, 2.05) is 18.2 Å². The van der Waals surface area contributed by atoms with Crippen LogP contribution in [-0.4, -0.2) is 30.6 Å². The van der Waals surface area contributed by atoms with E-state index in [1.165, 1.54) is 18.2 Å². The van der Waals surface area contributed by atoms with E-state index in [1.54, 1.807) is 0 Å². The Morgan fingerprint density at radius 2 is 1.92 bits per heavy atom. The van der Waals surface area contributed by atoms with E-state index in [9.17, 15) is 14.9 Å². The van der Waals surface area contributed by atoms with E-state index >= 15 is 0 Å². The lowest BCUT2D eigenvalue weighted by molar-refractivity contribution is -0.384. The molecule has 130 valence electrons. The van der Waals surface area contributed by atoms with Crippen LogP contribution in [0, 0.1) is 10.1 Å². The standard InChI is InChI=1S/C17H17N3O5/c18-17(21)12-2-3-13(14(10-12)20(22)23)19-6-5-11-1-4-15-16(9-11)25-8-7-24-15/h1-4,9-10,19H,5-8H2,(H2,18,21). The van der Waals surface area contributed by atoms with Crippen LogP contribution in [0.1, 0.15) is 15.9 Å². The molecule has 1 aliphatic rings. The van der Waals surface area contributed by atoms with Gasteiger partial charge in [0.15, 0.2) is 11.5 Å². The van der Waals surface area contributed by atoms with Crippen molar-refractivity contribution in [1.29, 1.82) is 0 Å². The molecule has 0 aromatic heterocycles. The van der Waals surface area contributed by atoms with E-state index in [0.29, 0.717) is 37.6 Å². The Morgan fingerprint density at radius 3 is 2.64 bits per heavy atom. The highest BCUT2D eigenvalue weighted by Crippen LogP contribution is 2.31. The van der Waals surface area contributed by atoms with Gasteiger partial charge in [-0.3, -0.25) is 14.9 Å². The third kappa shape index (κ3) is 3.79. The van der Waals surface area contributed by atoms with Gasteiger partial charge in [-0.1, -0.05) is 6.07 Å². The largest absolute Gasteiger partial charge is 0.486 e. The lowest BCUT2D eigenvalue weighted by Gasteiger charge is -2.19. The predicted octanol–water partition coefficient (Wildman–Crippen LogP) is 2.12. The molecule has 1 heterocycles. The normalized spacial score (nSPS) is 12.5. The number of fused-ring (bicyclic) bond motifs is 1. The number of hydrogen-bond acceptors (Lipinski definition) is 6. The van der Waals surface area contributed by atoms with Gasteiger partial charge >= 0.3 is 0 Å². The van der Waals surface area contributed by atoms with Gasteiger partial charge in [-0.2, -0.15) is 0 Å². The number of nitro groups is 1. The molecule has 0 bridgehead atoms. The highest BCUT2D eigenvalue weighted by molar-refractivity contribution is 5.94. The fourth-order valence-corrected chi connectivity index (χ4v) is 2.57. The first kappa shape index (κ1) is 16.6. The van der Waals surface area contributed by atoms with Gasteiger partial charge in [0.1, 0.15) is 18.9 Å². The first-order chi connectivity index (χ1) is 12.0. The smallest absolute Gasteiger partial charge is 0.293 e. The first-order valence-electron chi connectivity index (χ1n) is 7.75. The number of primary amides is 1. The van der Waals surface area contributed by atoms with E-state index in [4.69, 9.17) is 15.2 Å². The zero-order valence-electron chi connectivity index (χ0n) is 13.4. The van der Waals surface area contributed by atoms with Gasteiger partial charge in [-0.15, -0.1) is 0 Å². The summed E-state index contributed by atoms with van der Waals surface area (Å²) in [6, 6.07) is 9.81. The average molecular weight is 343 g/mol. The molecule has 0 atom stereocenters. The summed E-state index contributed by atoms with van der Waals surface area (Å²) < 4.78 is 11.0. The highest BCUT2D eigenvalue weighted by Gasteiger charge is 2.16. The maximum absolute atomic E-state index is 11.2. The van der Waals surface area contributed by atoms with Gasteiger partial charge in [-0.25, -0.2) is 0 Å². The molecule has 0 saturated carbocycles. The number of anilines is 1. The second kappa shape index (κ2) is 7.08. The van der Waals surface area contributed by atoms with Crippen molar-refractivity contribution in [1.82, 2.24) is 0 Å². The number of nitro benzene ring substituents is 1. The molecule has 0 unspecified atom stereocenters. The molecule has 2 aromatic carbocycles. The topological polar surface area (TPSA) is 117 Å². The Labute approximate surface area is 143 Å². The fourth-order valence-electron chi connectivity index (χ4n) is 2.57. The van der Waals surface area contributed by atoms with Crippen LogP contribution >= 0.6 is 0 Å². The number of benzene rings is 2. The summed E-state index contributed by atoms with van der Waals surface area (Å²) in [5, 5.41) is 14.2. The average Bonchev–Trinajstić information content (AvgIpc) is 2.61. The minimum absolute atomic E-state index is 0.101. The molecule has 0 aliphatic carbocycles. The zero-order chi connectivity index (χ0) is 17.8. The van der Waals surface area contributed by atoms with Gasteiger partial charge < -0.3 is 20.5 Å². The van der Waals surface area contributed by atoms with Crippen LogP contribution in [0.5, 0.6) is 11.5 Å². The third-order valence-electron chi connectivity index (χ3n) is 3.81. The number of carbonyl (C=O) groups is 1. The molecule has 1 aliphatic heterocycles. The quantitative estimate of drug-likeness (QED) is 0.613. The summed E-state index contributed by atoms with van der Waals surface area (Å²) >= 11 is 0. The lowest BCUT2D eigenvalue weighted by atomic mass is 10.1. The summed E-state index contributed by atoms with van der Waals surface area (Å²) in [5.74, 6) is 0.729. The molecule has 8 nitrogen and oxygen atoms in total. The highest BCUT2D eigenvalue weighted by atomic mass is 16.6. The Bertz CT molecular complexity index is 822. The molecule has 3 rings (SSSR count). The third-order valence-corrected chi connectivity index (χ3v) is 3.81. The summed E-state index contributed by atoms with van der Waals surface area (Å²) in [4.78, 5) is 21.8. The SMILES string of the molecule is NC(=O)c1ccc(NCCc2ccc3c(c2)OCCO3)c([N+](=O)[O-])c1. The van der Waals surface area contributed by atoms with Crippen LogP contribution in [0.3, 0.4) is 0 Å². The van der Waals surface area contributed by atoms with Crippen molar-refractivity contribution >= 4 is 17.3 Å². The van der Waals surface area contributed by atoms with E-state index < -0.39 is 10.8 Å². The van der Waals surface area contributed by atoms with Crippen molar-refractivity contribution < 1.29 is 19.2 Å². The van der Waals surface area contributed by atoms with Crippen LogP contribution in [0.25, 0.3) is 0 Å². The van der Waals surface area contributed by atoms with Gasteiger partial charge in [-0.05, 0) is 36.2 Å². The van der Waals surface area contributed by atoms with Gasteiger partial charge in [0, 0.05) is 18.2 Å². The minimum atomic E-state index is -0.703. The first-order valence-corrected chi connectivity index (χ1v) is 7.75. The fraction of sp³-hybridized carbons (Fsp3) is 0.235. The molecule has 2 aromatic rings. The molecular weight excluding hydrogens is 326 g/mol. The summed E-state index contributed by atoms with van der Waals surface area (Å²) in [6.45, 7) is 1.54. The Kier molecular flexibility index (Phi) is 4.69. The molecular formula is C17H17N3O5. The number of amides is 1. The van der Waals surface area contributed by atoms with Crippen LogP contribution in [-0.2, 0) is 6.42 Å². The van der Waals surface area contributed by atoms with Crippen molar-refractivity contribution in [3.8, 4) is 11.5 Å². The Hall–Kier alpha value is -3.29. The predicted molar refractivity (Wildman–Crippen MR) is 91.2 cm³/mol. The lowest BCUT2D eigenvalue weighted by Crippen LogP contribution is -2.15. The summed E-state index contributed by atoms with van der Waals surface area (Å²) in [5.41, 5.74) is 6.44. The van der Waals surface area contributed by atoms with Crippen molar-refractivity contribution in [2.24, 2.45) is 5.73 Å². The summed E-state index contributed by atoms with van der Waals surface area (Å²) in [6.07, 6.45) is 0.644. The molecule has 3 N–H and O–H groups in total. The van der Waals surface area contributed by atoms with Gasteiger partial charge in [0.25, 0.3) is 5.69 Å². The Balaban J connectivity index is 1.67. The van der Waals surface area contributed by atoms with Crippen molar-refractivity contribution in [2.75, 3.05) is 25.1 Å². The molecule has 0 spiro atoms. The summed E-state index contributed by atoms with van der Waals surface area (Å²) in [7, 11) is 0. The molecule has 8 heteroatoms. The number of carbonyl (C=O) groups excluding carboxylic acids is 1. The van der Waals surface area contributed by atoms with Crippen LogP contribution < -0.4 is 20.5 Å². The van der Waals surface area contributed by atoms with Crippen molar-refractivity contribution in [3.05, 3.63) is 57.6 Å². The molecule has 25 heavy (non-hydrogen) atoms. The second-order valence-electron chi connectivity index (χ2n) is 5.51. The molecule has 0 radical (unpaired) electrons. The molecule has 0 fully saturated rings. The minimum Gasteiger partial charge on any atom is -0.486 e. The van der Waals surface area contributed by atoms with Crippen LogP contribution in [0.15, 0.2) is 36.4 Å². The maximum atomic E-state index is 11.2. The molecule has 1 amide bonds. The van der Waals surface area contributed by atoms with Crippen LogP contribution in [0.2, 0.25) is 0 Å². The van der Waals surface area contributed by atoms with Crippen molar-refractivity contribution in [3.63, 3.8) is 0 Å². The van der Waals surface area contributed by atoms with Gasteiger partial charge in [0.2, 0.25) is 5.91 Å². The second-order valence-corrected chi connectivity index (χ2v) is 5.51.